The first-order chi connectivity index (χ1) is 12.9. The second kappa shape index (κ2) is 8.13. The van der Waals surface area contributed by atoms with E-state index in [2.05, 4.69) is 15.0 Å². The molecular weight excluding hydrogens is 399 g/mol. The summed E-state index contributed by atoms with van der Waals surface area (Å²) in [6.07, 6.45) is -3.39. The predicted octanol–water partition coefficient (Wildman–Crippen LogP) is 4.93. The molecule has 0 atom stereocenters. The zero-order valence-corrected chi connectivity index (χ0v) is 15.9. The van der Waals surface area contributed by atoms with Gasteiger partial charge in [0.2, 0.25) is 0 Å². The van der Waals surface area contributed by atoms with Gasteiger partial charge in [0.05, 0.1) is 25.5 Å². The van der Waals surface area contributed by atoms with E-state index >= 15 is 0 Å². The van der Waals surface area contributed by atoms with Gasteiger partial charge in [-0.15, -0.1) is 11.3 Å². The molecule has 142 valence electrons. The maximum atomic E-state index is 12.7. The number of aromatic nitrogens is 3. The summed E-state index contributed by atoms with van der Waals surface area (Å²) in [5.41, 5.74) is 0.579. The first kappa shape index (κ1) is 19.4. The number of thiazole rings is 1. The summed E-state index contributed by atoms with van der Waals surface area (Å²) in [5.74, 6) is 1.66. The second-order valence-electron chi connectivity index (χ2n) is 5.22. The number of rotatable bonds is 6. The lowest BCUT2D eigenvalue weighted by atomic mass is 10.2. The van der Waals surface area contributed by atoms with Crippen molar-refractivity contribution in [2.45, 2.75) is 17.1 Å². The number of hydrogen-bond acceptors (Lipinski definition) is 7. The van der Waals surface area contributed by atoms with Gasteiger partial charge in [-0.25, -0.2) is 15.0 Å². The van der Waals surface area contributed by atoms with E-state index in [0.717, 1.165) is 40.3 Å². The standard InChI is InChI=1S/C17H14F3N3O2S2/c1-24-11-3-4-12(13(7-11)25-2)15-22-10(8-26-15)9-27-16-21-6-5-14(23-16)17(18,19)20/h3-8H,9H2,1-2H3. The number of halogens is 3. The van der Waals surface area contributed by atoms with Crippen LogP contribution in [0.3, 0.4) is 0 Å². The Balaban J connectivity index is 1.74. The Morgan fingerprint density at radius 3 is 2.63 bits per heavy atom. The summed E-state index contributed by atoms with van der Waals surface area (Å²) >= 11 is 2.52. The summed E-state index contributed by atoms with van der Waals surface area (Å²) in [6.45, 7) is 0. The first-order valence-electron chi connectivity index (χ1n) is 7.60. The second-order valence-corrected chi connectivity index (χ2v) is 7.02. The highest BCUT2D eigenvalue weighted by atomic mass is 32.2. The Morgan fingerprint density at radius 2 is 1.93 bits per heavy atom. The van der Waals surface area contributed by atoms with E-state index in [1.165, 1.54) is 11.3 Å². The van der Waals surface area contributed by atoms with Crippen LogP contribution in [0.2, 0.25) is 0 Å². The molecule has 0 aliphatic carbocycles. The van der Waals surface area contributed by atoms with Gasteiger partial charge in [0.25, 0.3) is 0 Å². The van der Waals surface area contributed by atoms with Gasteiger partial charge in [-0.05, 0) is 18.2 Å². The fourth-order valence-electron chi connectivity index (χ4n) is 2.18. The van der Waals surface area contributed by atoms with Crippen molar-refractivity contribution < 1.29 is 22.6 Å². The third-order valence-electron chi connectivity index (χ3n) is 3.46. The molecule has 0 fully saturated rings. The zero-order valence-electron chi connectivity index (χ0n) is 14.3. The molecule has 0 saturated heterocycles. The van der Waals surface area contributed by atoms with Crippen LogP contribution >= 0.6 is 23.1 Å². The smallest absolute Gasteiger partial charge is 0.433 e. The molecule has 0 amide bonds. The molecule has 27 heavy (non-hydrogen) atoms. The molecule has 0 radical (unpaired) electrons. The SMILES string of the molecule is COc1ccc(-c2nc(CSc3nccc(C(F)(F)F)n3)cs2)c(OC)c1. The highest BCUT2D eigenvalue weighted by Crippen LogP contribution is 2.36. The van der Waals surface area contributed by atoms with Crippen molar-refractivity contribution >= 4 is 23.1 Å². The Labute approximate surface area is 161 Å². The van der Waals surface area contributed by atoms with Crippen molar-refractivity contribution in [2.24, 2.45) is 0 Å². The Hall–Kier alpha value is -2.33. The fourth-order valence-corrected chi connectivity index (χ4v) is 3.86. The molecular formula is C17H14F3N3O2S2. The van der Waals surface area contributed by atoms with Crippen LogP contribution in [0.4, 0.5) is 13.2 Å². The van der Waals surface area contributed by atoms with Gasteiger partial charge in [0.1, 0.15) is 22.2 Å². The van der Waals surface area contributed by atoms with Crippen LogP contribution in [0.1, 0.15) is 11.4 Å². The molecule has 0 saturated carbocycles. The van der Waals surface area contributed by atoms with E-state index in [1.807, 2.05) is 17.5 Å². The predicted molar refractivity (Wildman–Crippen MR) is 97.2 cm³/mol. The number of hydrogen-bond donors (Lipinski definition) is 0. The Morgan fingerprint density at radius 1 is 1.11 bits per heavy atom. The number of alkyl halides is 3. The van der Waals surface area contributed by atoms with Gasteiger partial charge in [0.15, 0.2) is 5.16 Å². The van der Waals surface area contributed by atoms with Gasteiger partial charge < -0.3 is 9.47 Å². The van der Waals surface area contributed by atoms with E-state index in [9.17, 15) is 13.2 Å². The average molecular weight is 413 g/mol. The molecule has 0 aliphatic rings. The summed E-state index contributed by atoms with van der Waals surface area (Å²) < 4.78 is 48.7. The van der Waals surface area contributed by atoms with Gasteiger partial charge in [-0.1, -0.05) is 11.8 Å². The number of benzene rings is 1. The minimum atomic E-state index is -4.49. The largest absolute Gasteiger partial charge is 0.497 e. The van der Waals surface area contributed by atoms with Gasteiger partial charge in [-0.2, -0.15) is 13.2 Å². The minimum Gasteiger partial charge on any atom is -0.497 e. The van der Waals surface area contributed by atoms with Crippen molar-refractivity contribution in [1.82, 2.24) is 15.0 Å². The summed E-state index contributed by atoms with van der Waals surface area (Å²) in [4.78, 5) is 11.9. The molecule has 0 bridgehead atoms. The van der Waals surface area contributed by atoms with E-state index in [-0.39, 0.29) is 5.16 Å². The zero-order chi connectivity index (χ0) is 19.4. The van der Waals surface area contributed by atoms with E-state index < -0.39 is 11.9 Å². The first-order valence-corrected chi connectivity index (χ1v) is 9.47. The Bertz CT molecular complexity index is 932. The molecule has 3 aromatic rings. The van der Waals surface area contributed by atoms with Crippen molar-refractivity contribution in [2.75, 3.05) is 14.2 Å². The Kier molecular flexibility index (Phi) is 5.85. The third-order valence-corrected chi connectivity index (χ3v) is 5.28. The monoisotopic (exact) mass is 413 g/mol. The fraction of sp³-hybridized carbons (Fsp3) is 0.235. The number of methoxy groups -OCH3 is 2. The molecule has 0 aliphatic heterocycles. The average Bonchev–Trinajstić information content (AvgIpc) is 3.14. The van der Waals surface area contributed by atoms with Crippen molar-refractivity contribution in [3.05, 3.63) is 47.2 Å². The molecule has 2 aromatic heterocycles. The maximum Gasteiger partial charge on any atom is 0.433 e. The normalized spacial score (nSPS) is 11.4. The summed E-state index contributed by atoms with van der Waals surface area (Å²) in [5, 5.41) is 2.65. The van der Waals surface area contributed by atoms with Crippen LogP contribution in [0.25, 0.3) is 10.6 Å². The van der Waals surface area contributed by atoms with Crippen LogP contribution in [-0.2, 0) is 11.9 Å². The lowest BCUT2D eigenvalue weighted by Crippen LogP contribution is -2.08. The summed E-state index contributed by atoms with van der Waals surface area (Å²) in [7, 11) is 3.14. The highest BCUT2D eigenvalue weighted by molar-refractivity contribution is 7.98. The lowest BCUT2D eigenvalue weighted by Gasteiger charge is -2.08. The molecule has 0 unspecified atom stereocenters. The van der Waals surface area contributed by atoms with Crippen LogP contribution in [0.15, 0.2) is 41.0 Å². The van der Waals surface area contributed by atoms with Gasteiger partial charge in [-0.3, -0.25) is 0 Å². The van der Waals surface area contributed by atoms with Crippen molar-refractivity contribution in [3.63, 3.8) is 0 Å². The molecule has 0 spiro atoms. The molecule has 10 heteroatoms. The number of ether oxygens (including phenoxy) is 2. The quantitative estimate of drug-likeness (QED) is 0.422. The molecule has 1 aromatic carbocycles. The van der Waals surface area contributed by atoms with Crippen LogP contribution < -0.4 is 9.47 Å². The topological polar surface area (TPSA) is 57.1 Å². The third kappa shape index (κ3) is 4.69. The molecule has 2 heterocycles. The molecule has 3 rings (SSSR count). The van der Waals surface area contributed by atoms with E-state index in [0.29, 0.717) is 17.3 Å². The minimum absolute atomic E-state index is 0.0569. The van der Waals surface area contributed by atoms with Crippen LogP contribution in [0.5, 0.6) is 11.5 Å². The van der Waals surface area contributed by atoms with Crippen molar-refractivity contribution in [3.8, 4) is 22.1 Å². The van der Waals surface area contributed by atoms with Crippen LogP contribution in [0, 0.1) is 0 Å². The van der Waals surface area contributed by atoms with E-state index in [1.54, 1.807) is 20.3 Å². The summed E-state index contributed by atoms with van der Waals surface area (Å²) in [6, 6.07) is 6.27. The highest BCUT2D eigenvalue weighted by Gasteiger charge is 2.32. The molecule has 0 N–H and O–H groups in total. The van der Waals surface area contributed by atoms with Gasteiger partial charge in [0, 0.05) is 23.4 Å². The van der Waals surface area contributed by atoms with Crippen molar-refractivity contribution in [1.29, 1.82) is 0 Å². The molecule has 5 nitrogen and oxygen atoms in total. The lowest BCUT2D eigenvalue weighted by molar-refractivity contribution is -0.141. The number of thioether (sulfide) groups is 1. The van der Waals surface area contributed by atoms with E-state index in [4.69, 9.17) is 9.47 Å². The van der Waals surface area contributed by atoms with Gasteiger partial charge >= 0.3 is 6.18 Å². The maximum absolute atomic E-state index is 12.7. The number of nitrogens with zero attached hydrogens (tertiary/aromatic N) is 3. The van der Waals surface area contributed by atoms with Crippen LogP contribution in [-0.4, -0.2) is 29.2 Å².